The number of halogens is 1. The van der Waals surface area contributed by atoms with E-state index in [9.17, 15) is 17.6 Å². The minimum Gasteiger partial charge on any atom is -0.481 e. The van der Waals surface area contributed by atoms with Crippen LogP contribution in [-0.2, 0) is 22.9 Å². The topological polar surface area (TPSA) is 115 Å². The second kappa shape index (κ2) is 9.38. The number of aryl methyl sites for hydroxylation is 2. The van der Waals surface area contributed by atoms with Crippen LogP contribution >= 0.6 is 0 Å². The van der Waals surface area contributed by atoms with E-state index in [4.69, 9.17) is 4.74 Å². The summed E-state index contributed by atoms with van der Waals surface area (Å²) in [5.74, 6) is 0.432. The minimum atomic E-state index is -4.22. The van der Waals surface area contributed by atoms with E-state index < -0.39 is 16.1 Å². The zero-order valence-electron chi connectivity index (χ0n) is 19.9. The van der Waals surface area contributed by atoms with Gasteiger partial charge in [-0.15, -0.1) is 0 Å². The molecule has 0 aliphatic heterocycles. The number of nitrogens with one attached hydrogen (secondary N) is 2. The van der Waals surface area contributed by atoms with E-state index >= 15 is 0 Å². The fourth-order valence-electron chi connectivity index (χ4n) is 4.88. The predicted molar refractivity (Wildman–Crippen MR) is 132 cm³/mol. The summed E-state index contributed by atoms with van der Waals surface area (Å²) in [5, 5.41) is 6.64. The highest BCUT2D eigenvalue weighted by Crippen LogP contribution is 2.41. The second-order valence-corrected chi connectivity index (χ2v) is 10.7. The van der Waals surface area contributed by atoms with Gasteiger partial charge in [-0.05, 0) is 79.0 Å². The largest absolute Gasteiger partial charge is 0.481 e. The molecule has 0 saturated heterocycles. The van der Waals surface area contributed by atoms with Crippen molar-refractivity contribution in [2.75, 3.05) is 12.4 Å². The summed E-state index contributed by atoms with van der Waals surface area (Å²) >= 11 is 0. The van der Waals surface area contributed by atoms with Gasteiger partial charge in [0, 0.05) is 24.0 Å². The number of hydrogen-bond donors (Lipinski definition) is 2. The number of nitrogens with zero attached hydrogens (tertiary/aromatic N) is 3. The summed E-state index contributed by atoms with van der Waals surface area (Å²) in [5.41, 5.74) is 5.90. The van der Waals surface area contributed by atoms with Crippen molar-refractivity contribution < 1.29 is 22.3 Å². The lowest BCUT2D eigenvalue weighted by Gasteiger charge is -2.28. The average Bonchev–Trinajstić information content (AvgIpc) is 3.48. The van der Waals surface area contributed by atoms with Gasteiger partial charge in [0.1, 0.15) is 0 Å². The molecule has 2 amide bonds. The highest BCUT2D eigenvalue weighted by atomic mass is 32.2. The molecule has 3 aromatic rings. The van der Waals surface area contributed by atoms with Gasteiger partial charge in [0.15, 0.2) is 5.03 Å². The summed E-state index contributed by atoms with van der Waals surface area (Å²) in [6.07, 6.45) is 7.29. The van der Waals surface area contributed by atoms with Crippen LogP contribution in [0.3, 0.4) is 0 Å². The number of fused-ring (bicyclic) bond motifs is 1. The lowest BCUT2D eigenvalue weighted by molar-refractivity contribution is 0.256. The molecule has 9 nitrogen and oxygen atoms in total. The highest BCUT2D eigenvalue weighted by molar-refractivity contribution is 7.90. The van der Waals surface area contributed by atoms with Crippen LogP contribution in [0.15, 0.2) is 53.6 Å². The van der Waals surface area contributed by atoms with E-state index in [1.165, 1.54) is 24.1 Å². The lowest BCUT2D eigenvalue weighted by atomic mass is 9.88. The number of amides is 2. The van der Waals surface area contributed by atoms with Crippen molar-refractivity contribution in [2.45, 2.75) is 50.1 Å². The third kappa shape index (κ3) is 4.46. The Bertz CT molecular complexity index is 1470. The van der Waals surface area contributed by atoms with Gasteiger partial charge >= 0.3 is 6.03 Å². The van der Waals surface area contributed by atoms with Gasteiger partial charge < -0.3 is 10.1 Å². The zero-order chi connectivity index (χ0) is 25.4. The maximum Gasteiger partial charge on any atom is 0.333 e. The molecular formula is C25H26FN5O4S. The van der Waals surface area contributed by atoms with Gasteiger partial charge in [-0.1, -0.05) is 6.07 Å². The molecule has 0 atom stereocenters. The maximum atomic E-state index is 13.0. The minimum absolute atomic E-state index is 0.0976. The summed E-state index contributed by atoms with van der Waals surface area (Å²) in [7, 11) is -2.69. The number of methoxy groups -OCH3 is 1. The molecule has 1 fully saturated rings. The molecule has 0 unspecified atom stereocenters. The van der Waals surface area contributed by atoms with E-state index in [0.717, 1.165) is 47.1 Å². The molecule has 5 rings (SSSR count). The SMILES string of the molecule is COc1cc(-c2c(C)cc3c(c2NC(=O)NS(=O)(=O)c2ccn(C4CC(=CF)C4)n2)CCC3)ccn1. The number of carbonyl (C=O) groups excluding carboxylic acids is 1. The van der Waals surface area contributed by atoms with Gasteiger partial charge in [-0.3, -0.25) is 4.68 Å². The number of ether oxygens (including phenoxy) is 1. The third-order valence-corrected chi connectivity index (χ3v) is 7.90. The molecule has 36 heavy (non-hydrogen) atoms. The molecule has 1 aromatic carbocycles. The molecule has 188 valence electrons. The van der Waals surface area contributed by atoms with Crippen molar-refractivity contribution in [2.24, 2.45) is 0 Å². The Kier molecular flexibility index (Phi) is 6.25. The van der Waals surface area contributed by atoms with E-state index in [1.54, 1.807) is 12.3 Å². The number of urea groups is 1. The summed E-state index contributed by atoms with van der Waals surface area (Å²) in [6.45, 7) is 1.96. The number of anilines is 1. The Morgan fingerprint density at radius 3 is 2.81 bits per heavy atom. The van der Waals surface area contributed by atoms with E-state index in [0.29, 0.717) is 36.3 Å². The van der Waals surface area contributed by atoms with Crippen LogP contribution in [0.2, 0.25) is 0 Å². The normalized spacial score (nSPS) is 16.8. The Morgan fingerprint density at radius 1 is 1.25 bits per heavy atom. The average molecular weight is 512 g/mol. The Morgan fingerprint density at radius 2 is 2.06 bits per heavy atom. The van der Waals surface area contributed by atoms with Crippen LogP contribution in [0.4, 0.5) is 14.9 Å². The zero-order valence-corrected chi connectivity index (χ0v) is 20.7. The van der Waals surface area contributed by atoms with Crippen LogP contribution in [0.1, 0.15) is 42.0 Å². The Labute approximate surface area is 208 Å². The molecular weight excluding hydrogens is 485 g/mol. The van der Waals surface area contributed by atoms with Crippen molar-refractivity contribution >= 4 is 21.7 Å². The van der Waals surface area contributed by atoms with E-state index in [2.05, 4.69) is 26.2 Å². The molecule has 11 heteroatoms. The van der Waals surface area contributed by atoms with Gasteiger partial charge in [0.05, 0.1) is 25.2 Å². The van der Waals surface area contributed by atoms with Crippen LogP contribution in [0.5, 0.6) is 5.88 Å². The number of aromatic nitrogens is 3. The molecule has 2 aliphatic rings. The quantitative estimate of drug-likeness (QED) is 0.505. The third-order valence-electron chi connectivity index (χ3n) is 6.68. The van der Waals surface area contributed by atoms with Crippen LogP contribution in [0, 0.1) is 6.92 Å². The fraction of sp³-hybridized carbons (Fsp3) is 0.320. The van der Waals surface area contributed by atoms with E-state index in [-0.39, 0.29) is 11.1 Å². The standard InChI is InChI=1S/C25H26FN5O4S/c1-15-10-17-4-3-5-20(17)24(23(15)18-6-8-27-21(13-18)35-2)28-25(32)30-36(33,34)22-7-9-31(29-22)19-11-16(12-19)14-26/h6-10,13-14,19H,3-5,11-12H2,1-2H3,(H2,28,30,32). The molecule has 0 radical (unpaired) electrons. The monoisotopic (exact) mass is 511 g/mol. The molecule has 0 bridgehead atoms. The Hall–Kier alpha value is -3.73. The second-order valence-electron chi connectivity index (χ2n) is 9.04. The summed E-state index contributed by atoms with van der Waals surface area (Å²) in [4.78, 5) is 17.1. The molecule has 2 N–H and O–H groups in total. The number of pyridine rings is 1. The predicted octanol–water partition coefficient (Wildman–Crippen LogP) is 4.45. The molecule has 2 aliphatic carbocycles. The summed E-state index contributed by atoms with van der Waals surface area (Å²) < 4.78 is 47.2. The van der Waals surface area contributed by atoms with Crippen LogP contribution in [-0.4, -0.2) is 36.3 Å². The van der Waals surface area contributed by atoms with Crippen molar-refractivity contribution in [3.05, 3.63) is 65.3 Å². The first-order valence-corrected chi connectivity index (χ1v) is 13.1. The van der Waals surface area contributed by atoms with Crippen LogP contribution in [0.25, 0.3) is 11.1 Å². The lowest BCUT2D eigenvalue weighted by Crippen LogP contribution is -2.35. The first kappa shape index (κ1) is 24.0. The van der Waals surface area contributed by atoms with Crippen molar-refractivity contribution in [1.29, 1.82) is 0 Å². The first-order chi connectivity index (χ1) is 17.3. The molecule has 2 aromatic heterocycles. The highest BCUT2D eigenvalue weighted by Gasteiger charge is 2.29. The van der Waals surface area contributed by atoms with Crippen molar-refractivity contribution in [3.63, 3.8) is 0 Å². The fourth-order valence-corrected chi connectivity index (χ4v) is 5.72. The van der Waals surface area contributed by atoms with Crippen LogP contribution < -0.4 is 14.8 Å². The molecule has 2 heterocycles. The number of carbonyl (C=O) groups is 1. The maximum absolute atomic E-state index is 13.0. The number of allylic oxidation sites excluding steroid dienone is 1. The van der Waals surface area contributed by atoms with Crippen molar-refractivity contribution in [1.82, 2.24) is 19.5 Å². The molecule has 0 spiro atoms. The first-order valence-electron chi connectivity index (χ1n) is 11.6. The van der Waals surface area contributed by atoms with Gasteiger partial charge in [0.2, 0.25) is 5.88 Å². The number of sulfonamides is 1. The van der Waals surface area contributed by atoms with Gasteiger partial charge in [-0.2, -0.15) is 13.5 Å². The number of benzene rings is 1. The Balaban J connectivity index is 1.41. The van der Waals surface area contributed by atoms with Crippen molar-refractivity contribution in [3.8, 4) is 17.0 Å². The number of rotatable bonds is 6. The molecule has 1 saturated carbocycles. The smallest absolute Gasteiger partial charge is 0.333 e. The summed E-state index contributed by atoms with van der Waals surface area (Å²) in [6, 6.07) is 6.06. The van der Waals surface area contributed by atoms with Gasteiger partial charge in [-0.25, -0.2) is 18.9 Å². The van der Waals surface area contributed by atoms with E-state index in [1.807, 2.05) is 13.0 Å². The number of hydrogen-bond acceptors (Lipinski definition) is 6. The van der Waals surface area contributed by atoms with Gasteiger partial charge in [0.25, 0.3) is 10.0 Å².